The molecule has 1 aromatic carbocycles. The lowest BCUT2D eigenvalue weighted by molar-refractivity contribution is -0.137. The van der Waals surface area contributed by atoms with Gasteiger partial charge in [-0.1, -0.05) is 37.6 Å². The minimum atomic E-state index is -0.843. The topological polar surface area (TPSA) is 43.4 Å². The number of benzene rings is 1. The van der Waals surface area contributed by atoms with Crippen molar-refractivity contribution in [2.24, 2.45) is 0 Å². The van der Waals surface area contributed by atoms with E-state index in [1.807, 2.05) is 0 Å². The normalized spacial score (nSPS) is 12.0. The molecular weight excluding hydrogens is 252 g/mol. The van der Waals surface area contributed by atoms with Crippen LogP contribution in [-0.2, 0) is 9.53 Å². The molecule has 1 unspecified atom stereocenters. The first-order chi connectivity index (χ1) is 8.51. The highest BCUT2D eigenvalue weighted by molar-refractivity contribution is 6.41. The van der Waals surface area contributed by atoms with Crippen LogP contribution in [0, 0.1) is 0 Å². The van der Waals surface area contributed by atoms with Gasteiger partial charge in [-0.3, -0.25) is 4.79 Å². The molecule has 0 aromatic heterocycles. The van der Waals surface area contributed by atoms with E-state index in [2.05, 4.69) is 18.6 Å². The lowest BCUT2D eigenvalue weighted by atomic mass is 9.96. The number of halogens is 1. The fraction of sp³-hybridized carbons (Fsp3) is 0.429. The van der Waals surface area contributed by atoms with Crippen molar-refractivity contribution in [3.05, 3.63) is 34.3 Å². The van der Waals surface area contributed by atoms with Crippen molar-refractivity contribution < 1.29 is 14.3 Å². The summed E-state index contributed by atoms with van der Waals surface area (Å²) in [4.78, 5) is 23.0. The van der Waals surface area contributed by atoms with Gasteiger partial charge in [0.2, 0.25) is 0 Å². The molecule has 18 heavy (non-hydrogen) atoms. The standard InChI is InChI=1S/C14H17ClO3/c1-4-9(3)11-7-6-10(8-12(11)15)13(16)14(17)18-5-2/h6-9H,4-5H2,1-3H3. The Kier molecular flexibility index (Phi) is 5.35. The fourth-order valence-corrected chi connectivity index (χ4v) is 1.97. The van der Waals surface area contributed by atoms with E-state index in [1.54, 1.807) is 19.1 Å². The first kappa shape index (κ1) is 14.7. The van der Waals surface area contributed by atoms with Crippen LogP contribution in [0.4, 0.5) is 0 Å². The average molecular weight is 269 g/mol. The third kappa shape index (κ3) is 3.33. The number of esters is 1. The van der Waals surface area contributed by atoms with Crippen LogP contribution in [-0.4, -0.2) is 18.4 Å². The smallest absolute Gasteiger partial charge is 0.379 e. The first-order valence-electron chi connectivity index (χ1n) is 6.02. The average Bonchev–Trinajstić information content (AvgIpc) is 2.37. The number of carbonyl (C=O) groups excluding carboxylic acids is 2. The summed E-state index contributed by atoms with van der Waals surface area (Å²) in [5, 5.41) is 0.513. The molecule has 0 heterocycles. The maximum atomic E-state index is 11.7. The van der Waals surface area contributed by atoms with Gasteiger partial charge in [-0.25, -0.2) is 4.79 Å². The number of Topliss-reactive ketones (excluding diaryl/α,β-unsaturated/α-hetero) is 1. The molecule has 98 valence electrons. The molecular formula is C14H17ClO3. The quantitative estimate of drug-likeness (QED) is 0.466. The van der Waals surface area contributed by atoms with Crippen molar-refractivity contribution in [1.29, 1.82) is 0 Å². The molecule has 0 aliphatic rings. The molecule has 1 atom stereocenters. The van der Waals surface area contributed by atoms with Gasteiger partial charge in [0.1, 0.15) is 0 Å². The van der Waals surface area contributed by atoms with E-state index < -0.39 is 11.8 Å². The number of ketones is 1. The molecule has 0 aliphatic heterocycles. The molecule has 3 nitrogen and oxygen atoms in total. The van der Waals surface area contributed by atoms with Crippen molar-refractivity contribution in [2.45, 2.75) is 33.1 Å². The second-order valence-corrected chi connectivity index (χ2v) is 4.50. The van der Waals surface area contributed by atoms with Crippen LogP contribution < -0.4 is 0 Å². The van der Waals surface area contributed by atoms with Crippen LogP contribution in [0.2, 0.25) is 5.02 Å². The third-order valence-electron chi connectivity index (χ3n) is 2.87. The van der Waals surface area contributed by atoms with Gasteiger partial charge in [-0.2, -0.15) is 0 Å². The lowest BCUT2D eigenvalue weighted by Gasteiger charge is -2.11. The molecule has 0 N–H and O–H groups in total. The van der Waals surface area contributed by atoms with E-state index in [9.17, 15) is 9.59 Å². The van der Waals surface area contributed by atoms with Gasteiger partial charge in [0.25, 0.3) is 5.78 Å². The number of carbonyl (C=O) groups is 2. The molecule has 4 heteroatoms. The maximum Gasteiger partial charge on any atom is 0.379 e. The van der Waals surface area contributed by atoms with Crippen LogP contribution in [0.1, 0.15) is 49.0 Å². The fourth-order valence-electron chi connectivity index (χ4n) is 1.60. The minimum Gasteiger partial charge on any atom is -0.460 e. The van der Waals surface area contributed by atoms with Crippen LogP contribution >= 0.6 is 11.6 Å². The van der Waals surface area contributed by atoms with Crippen LogP contribution in [0.25, 0.3) is 0 Å². The Morgan fingerprint density at radius 3 is 2.50 bits per heavy atom. The summed E-state index contributed by atoms with van der Waals surface area (Å²) in [7, 11) is 0. The molecule has 1 aromatic rings. The summed E-state index contributed by atoms with van der Waals surface area (Å²) in [6.45, 7) is 5.97. The molecule has 0 bridgehead atoms. The molecule has 0 radical (unpaired) electrons. The summed E-state index contributed by atoms with van der Waals surface area (Å²) in [6.07, 6.45) is 0.963. The Labute approximate surface area is 112 Å². The lowest BCUT2D eigenvalue weighted by Crippen LogP contribution is -2.17. The molecule has 0 amide bonds. The van der Waals surface area contributed by atoms with Crippen molar-refractivity contribution in [1.82, 2.24) is 0 Å². The third-order valence-corrected chi connectivity index (χ3v) is 3.19. The summed E-state index contributed by atoms with van der Waals surface area (Å²) in [5.41, 5.74) is 1.25. The number of rotatable bonds is 5. The van der Waals surface area contributed by atoms with Crippen molar-refractivity contribution >= 4 is 23.4 Å². The molecule has 1 rings (SSSR count). The molecule has 0 aliphatic carbocycles. The largest absolute Gasteiger partial charge is 0.460 e. The SMILES string of the molecule is CCOC(=O)C(=O)c1ccc(C(C)CC)c(Cl)c1. The Bertz CT molecular complexity index is 454. The van der Waals surface area contributed by atoms with E-state index in [4.69, 9.17) is 11.6 Å². The second-order valence-electron chi connectivity index (χ2n) is 4.10. The maximum absolute atomic E-state index is 11.7. The van der Waals surface area contributed by atoms with Crippen molar-refractivity contribution in [3.8, 4) is 0 Å². The van der Waals surface area contributed by atoms with Gasteiger partial charge < -0.3 is 4.74 Å². The molecule has 0 spiro atoms. The zero-order valence-corrected chi connectivity index (χ0v) is 11.6. The van der Waals surface area contributed by atoms with Crippen LogP contribution in [0.15, 0.2) is 18.2 Å². The zero-order chi connectivity index (χ0) is 13.7. The summed E-state index contributed by atoms with van der Waals surface area (Å²) < 4.78 is 4.67. The predicted molar refractivity (Wildman–Crippen MR) is 71.1 cm³/mol. The number of hydrogen-bond acceptors (Lipinski definition) is 3. The van der Waals surface area contributed by atoms with E-state index in [-0.39, 0.29) is 12.2 Å². The van der Waals surface area contributed by atoms with Crippen molar-refractivity contribution in [2.75, 3.05) is 6.61 Å². The van der Waals surface area contributed by atoms with E-state index in [0.717, 1.165) is 12.0 Å². The number of hydrogen-bond donors (Lipinski definition) is 0. The van der Waals surface area contributed by atoms with Gasteiger partial charge in [0.05, 0.1) is 6.61 Å². The van der Waals surface area contributed by atoms with E-state index in [1.165, 1.54) is 6.07 Å². The van der Waals surface area contributed by atoms with E-state index >= 15 is 0 Å². The van der Waals surface area contributed by atoms with Gasteiger partial charge in [-0.15, -0.1) is 0 Å². The zero-order valence-electron chi connectivity index (χ0n) is 10.8. The Morgan fingerprint density at radius 1 is 1.33 bits per heavy atom. The molecule has 0 saturated heterocycles. The van der Waals surface area contributed by atoms with Gasteiger partial charge >= 0.3 is 5.97 Å². The van der Waals surface area contributed by atoms with Crippen LogP contribution in [0.5, 0.6) is 0 Å². The summed E-state index contributed by atoms with van der Waals surface area (Å²) >= 11 is 6.12. The molecule has 0 saturated carbocycles. The Balaban J connectivity index is 2.97. The Morgan fingerprint density at radius 2 is 2.00 bits per heavy atom. The Hall–Kier alpha value is -1.35. The van der Waals surface area contributed by atoms with Crippen molar-refractivity contribution in [3.63, 3.8) is 0 Å². The predicted octanol–water partition coefficient (Wildman–Crippen LogP) is 3.60. The van der Waals surface area contributed by atoms with E-state index in [0.29, 0.717) is 10.9 Å². The van der Waals surface area contributed by atoms with Gasteiger partial charge in [0.15, 0.2) is 0 Å². The highest BCUT2D eigenvalue weighted by Crippen LogP contribution is 2.27. The minimum absolute atomic E-state index is 0.184. The highest BCUT2D eigenvalue weighted by atomic mass is 35.5. The summed E-state index contributed by atoms with van der Waals surface area (Å²) in [6, 6.07) is 4.94. The summed E-state index contributed by atoms with van der Waals surface area (Å²) in [5.74, 6) is -1.18. The monoisotopic (exact) mass is 268 g/mol. The second kappa shape index (κ2) is 6.55. The van der Waals surface area contributed by atoms with Gasteiger partial charge in [0, 0.05) is 10.6 Å². The molecule has 0 fully saturated rings. The highest BCUT2D eigenvalue weighted by Gasteiger charge is 2.19. The first-order valence-corrected chi connectivity index (χ1v) is 6.39. The number of ether oxygens (including phenoxy) is 1. The van der Waals surface area contributed by atoms with Gasteiger partial charge in [-0.05, 0) is 30.9 Å². The van der Waals surface area contributed by atoms with Crippen LogP contribution in [0.3, 0.4) is 0 Å².